The van der Waals surface area contributed by atoms with E-state index in [0.29, 0.717) is 23.0 Å². The summed E-state index contributed by atoms with van der Waals surface area (Å²) in [5.41, 5.74) is 2.87. The third kappa shape index (κ3) is 15.7. The second-order valence-corrected chi connectivity index (χ2v) is 27.9. The monoisotopic (exact) mass is 1350 g/mol. The van der Waals surface area contributed by atoms with Crippen LogP contribution in [0, 0.1) is 0 Å². The van der Waals surface area contributed by atoms with Crippen LogP contribution in [0.1, 0.15) is 58.1 Å². The van der Waals surface area contributed by atoms with Gasteiger partial charge in [-0.05, 0) is 126 Å². The number of phenolic OH excluding ortho intramolecular Hbond substituents is 1. The van der Waals surface area contributed by atoms with Crippen LogP contribution >= 0.6 is 70.5 Å². The van der Waals surface area contributed by atoms with E-state index in [9.17, 15) is 46.2 Å². The van der Waals surface area contributed by atoms with Crippen LogP contribution in [0.25, 0.3) is 0 Å². The Morgan fingerprint density at radius 2 is 0.863 bits per heavy atom. The Morgan fingerprint density at radius 3 is 1.26 bits per heavy atom. The van der Waals surface area contributed by atoms with Crippen molar-refractivity contribution in [2.75, 3.05) is 16.0 Å². The SMILES string of the molecule is BrB(Br)Br.ClCCl.O=C(NCc1cccc(Oc2cccc(CO)c2)c1)c1ccc2c(c1)NC(=O)c1ccccc1S2(=O)=O.O=C(NCc1cccc(Oc2cccc(O)c2)c1)c1ccc2c(c1)NC(=O)c1ccccc1S2(=O)=O. The number of aliphatic hydroxyl groups excluding tert-OH is 1. The lowest BCUT2D eigenvalue weighted by atomic mass is 10.1. The average Bonchev–Trinajstić information content (AvgIpc) is 3.58. The summed E-state index contributed by atoms with van der Waals surface area (Å²) in [6, 6.07) is 48.0. The second kappa shape index (κ2) is 27.9. The third-order valence-electron chi connectivity index (χ3n) is 11.5. The summed E-state index contributed by atoms with van der Waals surface area (Å²) in [4.78, 5) is 50.7. The number of anilines is 2. The van der Waals surface area contributed by atoms with E-state index in [2.05, 4.69) is 68.5 Å². The summed E-state index contributed by atoms with van der Waals surface area (Å²) in [7, 11) is -7.89. The molecule has 0 spiro atoms. The fourth-order valence-corrected chi connectivity index (χ4v) is 11.1. The third-order valence-corrected chi connectivity index (χ3v) is 15.2. The molecular formula is C56H44BBr3Cl2N4O12S2. The first kappa shape index (κ1) is 60.6. The van der Waals surface area contributed by atoms with Gasteiger partial charge in [-0.1, -0.05) is 66.7 Å². The van der Waals surface area contributed by atoms with E-state index in [1.165, 1.54) is 66.7 Å². The zero-order valence-electron chi connectivity index (χ0n) is 41.4. The molecule has 80 heavy (non-hydrogen) atoms. The largest absolute Gasteiger partial charge is 0.508 e. The topological polar surface area (TPSA) is 244 Å². The number of hydrogen-bond donors (Lipinski definition) is 6. The molecule has 410 valence electrons. The van der Waals surface area contributed by atoms with Gasteiger partial charge >= 0.3 is 3.18 Å². The number of rotatable bonds is 11. The number of nitrogens with one attached hydrogen (secondary N) is 4. The Kier molecular flexibility index (Phi) is 21.2. The van der Waals surface area contributed by atoms with E-state index in [1.807, 2.05) is 12.1 Å². The number of amides is 4. The van der Waals surface area contributed by atoms with Crippen LogP contribution in [0.15, 0.2) is 202 Å². The van der Waals surface area contributed by atoms with Crippen LogP contribution in [-0.2, 0) is 39.4 Å². The number of benzene rings is 8. The molecule has 0 bridgehead atoms. The highest BCUT2D eigenvalue weighted by Crippen LogP contribution is 2.36. The van der Waals surface area contributed by atoms with Crippen LogP contribution in [0.4, 0.5) is 11.4 Å². The van der Waals surface area contributed by atoms with Gasteiger partial charge in [0.05, 0.1) is 54.0 Å². The van der Waals surface area contributed by atoms with Crippen LogP contribution in [0.3, 0.4) is 0 Å². The summed E-state index contributed by atoms with van der Waals surface area (Å²) in [6.07, 6.45) is 0. The molecule has 0 aromatic heterocycles. The molecule has 0 atom stereocenters. The summed E-state index contributed by atoms with van der Waals surface area (Å²) in [6.45, 7) is 0.289. The van der Waals surface area contributed by atoms with Crippen molar-refractivity contribution in [3.63, 3.8) is 0 Å². The summed E-state index contributed by atoms with van der Waals surface area (Å²) < 4.78 is 64.4. The standard InChI is InChI=1S/C28H22N2O6S.C27H20N2O6S.CH2Cl2.BBr3/c31-17-19-6-4-8-22(14-19)36-21-7-3-5-18(13-21)16-29-27(32)20-11-12-26-24(15-20)30-28(33)23-9-1-2-10-25(23)37(26,34)35;30-19-6-4-8-21(15-19)35-20-7-3-5-17(13-20)16-28-26(31)18-11-12-25-23(14-18)29-27(32)22-9-1-2-10-24(22)36(25,33)34;2-1-3;2-1(3)4/h1-15,31H,16-17H2,(H,29,32)(H,30,33);1-15,30H,16H2,(H,28,31)(H,29,32);1H2;. The zero-order chi connectivity index (χ0) is 57.6. The minimum absolute atomic E-state index is 0.0466. The fraction of sp³-hybridized carbons (Fsp3) is 0.0714. The molecule has 4 amide bonds. The molecular weight excluding hydrogens is 1310 g/mol. The average molecular weight is 1350 g/mol. The molecule has 0 aliphatic carbocycles. The van der Waals surface area contributed by atoms with Gasteiger partial charge < -0.3 is 41.0 Å². The molecule has 2 aliphatic rings. The maximum atomic E-state index is 13.1. The Bertz CT molecular complexity index is 3840. The zero-order valence-corrected chi connectivity index (χ0v) is 49.3. The van der Waals surface area contributed by atoms with Gasteiger partial charge in [0.15, 0.2) is 0 Å². The first-order chi connectivity index (χ1) is 38.3. The quantitative estimate of drug-likeness (QED) is 0.0523. The molecule has 0 fully saturated rings. The van der Waals surface area contributed by atoms with Crippen molar-refractivity contribution in [3.8, 4) is 28.7 Å². The molecule has 6 N–H and O–H groups in total. The number of sulfone groups is 2. The van der Waals surface area contributed by atoms with E-state index in [0.717, 1.165) is 16.7 Å². The maximum Gasteiger partial charge on any atom is 0.369 e. The van der Waals surface area contributed by atoms with Gasteiger partial charge in [-0.15, -0.1) is 70.5 Å². The van der Waals surface area contributed by atoms with Gasteiger partial charge in [0.2, 0.25) is 19.7 Å². The van der Waals surface area contributed by atoms with Gasteiger partial charge in [0, 0.05) is 30.3 Å². The number of aromatic hydroxyl groups is 1. The Labute approximate surface area is 495 Å². The number of ether oxygens (including phenoxy) is 2. The molecule has 0 saturated heterocycles. The number of phenols is 1. The highest BCUT2D eigenvalue weighted by Gasteiger charge is 2.33. The smallest absolute Gasteiger partial charge is 0.369 e. The lowest BCUT2D eigenvalue weighted by molar-refractivity contribution is 0.0942. The molecule has 8 aromatic carbocycles. The van der Waals surface area contributed by atoms with E-state index in [-0.39, 0.29) is 87.2 Å². The number of carbonyl (C=O) groups excluding carboxylic acids is 4. The van der Waals surface area contributed by atoms with Crippen molar-refractivity contribution in [1.29, 1.82) is 0 Å². The van der Waals surface area contributed by atoms with Crippen molar-refractivity contribution >= 4 is 128 Å². The van der Waals surface area contributed by atoms with Crippen LogP contribution in [0.5, 0.6) is 28.7 Å². The molecule has 16 nitrogen and oxygen atoms in total. The lowest BCUT2D eigenvalue weighted by Crippen LogP contribution is -2.23. The maximum absolute atomic E-state index is 13.1. The van der Waals surface area contributed by atoms with Crippen molar-refractivity contribution in [2.45, 2.75) is 39.3 Å². The van der Waals surface area contributed by atoms with Crippen molar-refractivity contribution < 1.29 is 55.7 Å². The van der Waals surface area contributed by atoms with Gasteiger partial charge in [-0.2, -0.15) is 0 Å². The number of halogens is 5. The lowest BCUT2D eigenvalue weighted by Gasteiger charge is -2.11. The molecule has 2 heterocycles. The summed E-state index contributed by atoms with van der Waals surface area (Å²) >= 11 is 18.8. The van der Waals surface area contributed by atoms with Gasteiger partial charge in [0.1, 0.15) is 28.7 Å². The number of carbonyl (C=O) groups is 4. The van der Waals surface area contributed by atoms with E-state index < -0.39 is 43.3 Å². The number of fused-ring (bicyclic) bond motifs is 4. The van der Waals surface area contributed by atoms with Crippen LogP contribution in [0.2, 0.25) is 0 Å². The van der Waals surface area contributed by atoms with E-state index in [1.54, 1.807) is 103 Å². The minimum atomic E-state index is -3.95. The van der Waals surface area contributed by atoms with Gasteiger partial charge in [0.25, 0.3) is 23.6 Å². The molecule has 0 unspecified atom stereocenters. The molecule has 2 aliphatic heterocycles. The molecule has 10 rings (SSSR count). The van der Waals surface area contributed by atoms with Gasteiger partial charge in [-0.25, -0.2) is 16.8 Å². The summed E-state index contributed by atoms with van der Waals surface area (Å²) in [5.74, 6) is 0.250. The molecule has 0 saturated carbocycles. The first-order valence-electron chi connectivity index (χ1n) is 23.5. The molecule has 8 aromatic rings. The van der Waals surface area contributed by atoms with Crippen molar-refractivity contribution in [3.05, 3.63) is 221 Å². The Morgan fingerprint density at radius 1 is 0.500 bits per heavy atom. The Balaban J connectivity index is 0.000000207. The summed E-state index contributed by atoms with van der Waals surface area (Å²) in [5, 5.41) is 29.9. The highest BCUT2D eigenvalue weighted by molar-refractivity contribution is 9.69. The van der Waals surface area contributed by atoms with Crippen molar-refractivity contribution in [2.24, 2.45) is 0 Å². The predicted octanol–water partition coefficient (Wildman–Crippen LogP) is 12.4. The van der Waals surface area contributed by atoms with E-state index in [4.69, 9.17) is 32.7 Å². The van der Waals surface area contributed by atoms with E-state index >= 15 is 0 Å². The number of alkyl halides is 2. The molecule has 24 heteroatoms. The fourth-order valence-electron chi connectivity index (χ4n) is 7.93. The number of aliphatic hydroxyl groups is 1. The minimum Gasteiger partial charge on any atom is -0.508 e. The highest BCUT2D eigenvalue weighted by atomic mass is 79.9. The first-order valence-corrected chi connectivity index (χ1v) is 30.3. The van der Waals surface area contributed by atoms with Crippen molar-refractivity contribution in [1.82, 2.24) is 10.6 Å². The second-order valence-electron chi connectivity index (χ2n) is 16.8. The molecule has 0 radical (unpaired) electrons. The Hall–Kier alpha value is -7.02. The number of hydrogen-bond acceptors (Lipinski definition) is 12. The van der Waals surface area contributed by atoms with Crippen LogP contribution in [-0.4, -0.2) is 59.2 Å². The normalized spacial score (nSPS) is 12.9. The van der Waals surface area contributed by atoms with Crippen LogP contribution < -0.4 is 30.7 Å². The van der Waals surface area contributed by atoms with Gasteiger partial charge in [-0.3, -0.25) is 19.2 Å². The predicted molar refractivity (Wildman–Crippen MR) is 318 cm³/mol.